The number of hydrogen-bond acceptors (Lipinski definition) is 6. The van der Waals surface area contributed by atoms with E-state index in [4.69, 9.17) is 5.73 Å². The molecule has 2 rings (SSSR count). The Hall–Kier alpha value is -2.35. The lowest BCUT2D eigenvalue weighted by Crippen LogP contribution is -2.08. The van der Waals surface area contributed by atoms with Gasteiger partial charge in [0.1, 0.15) is 0 Å². The number of rotatable bonds is 3. The van der Waals surface area contributed by atoms with Crippen molar-refractivity contribution in [2.75, 3.05) is 19.1 Å². The van der Waals surface area contributed by atoms with E-state index < -0.39 is 15.8 Å². The third-order valence-electron chi connectivity index (χ3n) is 2.63. The van der Waals surface area contributed by atoms with Crippen LogP contribution in [-0.4, -0.2) is 37.5 Å². The molecule has 0 saturated carbocycles. The summed E-state index contributed by atoms with van der Waals surface area (Å²) in [6.45, 7) is 0. The van der Waals surface area contributed by atoms with Gasteiger partial charge in [-0.15, -0.1) is 0 Å². The minimum absolute atomic E-state index is 0.0594. The van der Waals surface area contributed by atoms with E-state index in [1.807, 2.05) is 0 Å². The van der Waals surface area contributed by atoms with Crippen LogP contribution in [0.4, 0.5) is 5.69 Å². The van der Waals surface area contributed by atoms with E-state index in [1.54, 1.807) is 18.2 Å². The highest BCUT2D eigenvalue weighted by Gasteiger charge is 2.19. The number of nitrogens with two attached hydrogens (primary N) is 1. The topological polar surface area (TPSA) is 104 Å². The number of benzene rings is 1. The molecule has 0 aliphatic carbocycles. The number of anilines is 1. The van der Waals surface area contributed by atoms with Crippen LogP contribution in [0.1, 0.15) is 10.5 Å². The van der Waals surface area contributed by atoms with Crippen LogP contribution in [0.2, 0.25) is 0 Å². The van der Waals surface area contributed by atoms with Gasteiger partial charge in [-0.05, 0) is 12.1 Å². The number of nitrogen functional groups attached to an aromatic ring is 1. The van der Waals surface area contributed by atoms with Gasteiger partial charge in [0.25, 0.3) is 0 Å². The third kappa shape index (κ3) is 2.50. The lowest BCUT2D eigenvalue weighted by Gasteiger charge is -2.07. The highest BCUT2D eigenvalue weighted by Crippen LogP contribution is 2.21. The first kappa shape index (κ1) is 14.1. The molecule has 0 unspecified atom stereocenters. The highest BCUT2D eigenvalue weighted by molar-refractivity contribution is 7.90. The molecule has 0 fully saturated rings. The molecule has 0 atom stereocenters. The van der Waals surface area contributed by atoms with E-state index in [2.05, 4.69) is 9.84 Å². The molecule has 2 N–H and O–H groups in total. The fraction of sp³-hybridized carbons (Fsp3) is 0.167. The Morgan fingerprint density at radius 3 is 2.60 bits per heavy atom. The van der Waals surface area contributed by atoms with Gasteiger partial charge in [-0.1, -0.05) is 12.1 Å². The molecule has 0 bridgehead atoms. The number of ether oxygens (including phenoxy) is 1. The normalized spacial score (nSPS) is 11.3. The van der Waals surface area contributed by atoms with E-state index in [0.29, 0.717) is 5.69 Å². The summed E-state index contributed by atoms with van der Waals surface area (Å²) in [5.74, 6) is -0.682. The molecule has 0 radical (unpaired) electrons. The van der Waals surface area contributed by atoms with Crippen LogP contribution in [0.5, 0.6) is 0 Å². The van der Waals surface area contributed by atoms with E-state index in [1.165, 1.54) is 24.1 Å². The number of nitrogens with zero attached hydrogens (tertiary/aromatic N) is 2. The molecule has 8 heteroatoms. The van der Waals surface area contributed by atoms with Crippen molar-refractivity contribution in [3.63, 3.8) is 0 Å². The molecule has 0 spiro atoms. The fourth-order valence-electron chi connectivity index (χ4n) is 1.73. The molecular weight excluding hydrogens is 282 g/mol. The maximum Gasteiger partial charge on any atom is 0.360 e. The standard InChI is InChI=1S/C12H13N3O4S/c1-19-12(16)11-8(13)7-15(14-11)9-5-3-4-6-10(9)20(2,17)18/h3-7H,13H2,1-2H3. The van der Waals surface area contributed by atoms with Crippen LogP contribution < -0.4 is 5.73 Å². The lowest BCUT2D eigenvalue weighted by molar-refractivity contribution is 0.0594. The van der Waals surface area contributed by atoms with Gasteiger partial charge in [0.2, 0.25) is 0 Å². The molecule has 1 aromatic carbocycles. The number of carbonyl (C=O) groups is 1. The number of aromatic nitrogens is 2. The first-order chi connectivity index (χ1) is 9.34. The average molecular weight is 295 g/mol. The van der Waals surface area contributed by atoms with Crippen LogP contribution in [0.25, 0.3) is 5.69 Å². The van der Waals surface area contributed by atoms with Crippen molar-refractivity contribution < 1.29 is 17.9 Å². The molecule has 1 heterocycles. The predicted molar refractivity (Wildman–Crippen MR) is 72.4 cm³/mol. The van der Waals surface area contributed by atoms with Crippen molar-refractivity contribution in [1.29, 1.82) is 0 Å². The van der Waals surface area contributed by atoms with Gasteiger partial charge in [0.05, 0.1) is 29.6 Å². The Kier molecular flexibility index (Phi) is 3.49. The van der Waals surface area contributed by atoms with Crippen molar-refractivity contribution in [3.8, 4) is 5.69 Å². The van der Waals surface area contributed by atoms with Crippen molar-refractivity contribution in [2.45, 2.75) is 4.90 Å². The first-order valence-corrected chi connectivity index (χ1v) is 7.46. The predicted octanol–water partition coefficient (Wildman–Crippen LogP) is 0.645. The van der Waals surface area contributed by atoms with Gasteiger partial charge in [-0.3, -0.25) is 0 Å². The van der Waals surface area contributed by atoms with Crippen LogP contribution in [0.3, 0.4) is 0 Å². The fourth-order valence-corrected chi connectivity index (χ4v) is 2.59. The minimum Gasteiger partial charge on any atom is -0.464 e. The van der Waals surface area contributed by atoms with Gasteiger partial charge in [-0.2, -0.15) is 5.10 Å². The molecule has 106 valence electrons. The molecule has 0 saturated heterocycles. The summed E-state index contributed by atoms with van der Waals surface area (Å²) in [7, 11) is -2.22. The number of sulfone groups is 1. The summed E-state index contributed by atoms with van der Waals surface area (Å²) < 4.78 is 29.3. The molecule has 20 heavy (non-hydrogen) atoms. The quantitative estimate of drug-likeness (QED) is 0.833. The second-order valence-electron chi connectivity index (χ2n) is 4.11. The second kappa shape index (κ2) is 4.97. The van der Waals surface area contributed by atoms with Crippen molar-refractivity contribution in [1.82, 2.24) is 9.78 Å². The minimum atomic E-state index is -3.43. The molecule has 0 aliphatic heterocycles. The Morgan fingerprint density at radius 1 is 1.35 bits per heavy atom. The van der Waals surface area contributed by atoms with Gasteiger partial charge in [0, 0.05) is 6.26 Å². The summed E-state index contributed by atoms with van der Waals surface area (Å²) in [5, 5.41) is 3.98. The summed E-state index contributed by atoms with van der Waals surface area (Å²) in [6, 6.07) is 6.30. The number of para-hydroxylation sites is 1. The summed E-state index contributed by atoms with van der Waals surface area (Å²) in [4.78, 5) is 11.6. The summed E-state index contributed by atoms with van der Waals surface area (Å²) >= 11 is 0. The zero-order valence-electron chi connectivity index (χ0n) is 10.9. The van der Waals surface area contributed by atoms with E-state index in [0.717, 1.165) is 6.26 Å². The molecule has 1 aromatic heterocycles. The average Bonchev–Trinajstić information content (AvgIpc) is 2.79. The van der Waals surface area contributed by atoms with Crippen molar-refractivity contribution >= 4 is 21.5 Å². The SMILES string of the molecule is COC(=O)c1nn(-c2ccccc2S(C)(=O)=O)cc1N. The van der Waals surface area contributed by atoms with E-state index in [9.17, 15) is 13.2 Å². The largest absolute Gasteiger partial charge is 0.464 e. The highest BCUT2D eigenvalue weighted by atomic mass is 32.2. The third-order valence-corrected chi connectivity index (χ3v) is 3.78. The number of methoxy groups -OCH3 is 1. The van der Waals surface area contributed by atoms with Gasteiger partial charge in [-0.25, -0.2) is 17.9 Å². The Labute approximate surface area is 115 Å². The second-order valence-corrected chi connectivity index (χ2v) is 6.09. The number of esters is 1. The maximum atomic E-state index is 11.7. The monoisotopic (exact) mass is 295 g/mol. The first-order valence-electron chi connectivity index (χ1n) is 5.57. The van der Waals surface area contributed by atoms with Crippen molar-refractivity contribution in [3.05, 3.63) is 36.2 Å². The lowest BCUT2D eigenvalue weighted by atomic mass is 10.3. The van der Waals surface area contributed by atoms with Gasteiger partial charge in [0.15, 0.2) is 15.5 Å². The van der Waals surface area contributed by atoms with Crippen LogP contribution in [0.15, 0.2) is 35.4 Å². The number of carbonyl (C=O) groups excluding carboxylic acids is 1. The Morgan fingerprint density at radius 2 is 2.00 bits per heavy atom. The summed E-state index contributed by atoms with van der Waals surface area (Å²) in [6.07, 6.45) is 2.47. The van der Waals surface area contributed by atoms with E-state index in [-0.39, 0.29) is 16.3 Å². The molecule has 0 amide bonds. The Bertz CT molecular complexity index is 765. The van der Waals surface area contributed by atoms with Crippen LogP contribution in [0, 0.1) is 0 Å². The molecular formula is C12H13N3O4S. The van der Waals surface area contributed by atoms with Crippen LogP contribution >= 0.6 is 0 Å². The number of hydrogen-bond donors (Lipinski definition) is 1. The van der Waals surface area contributed by atoms with Gasteiger partial charge < -0.3 is 10.5 Å². The van der Waals surface area contributed by atoms with Crippen molar-refractivity contribution in [2.24, 2.45) is 0 Å². The zero-order chi connectivity index (χ0) is 14.9. The van der Waals surface area contributed by atoms with Gasteiger partial charge >= 0.3 is 5.97 Å². The van der Waals surface area contributed by atoms with Crippen LogP contribution in [-0.2, 0) is 14.6 Å². The Balaban J connectivity index is 2.62. The molecule has 7 nitrogen and oxygen atoms in total. The maximum absolute atomic E-state index is 11.7. The zero-order valence-corrected chi connectivity index (χ0v) is 11.7. The molecule has 2 aromatic rings. The molecule has 0 aliphatic rings. The summed E-state index contributed by atoms with van der Waals surface area (Å²) in [5.41, 5.74) is 6.05. The van der Waals surface area contributed by atoms with E-state index >= 15 is 0 Å². The smallest absolute Gasteiger partial charge is 0.360 e.